The Balaban J connectivity index is 1.40. The maximum atomic E-state index is 12.5. The Kier molecular flexibility index (Phi) is 4.62. The Hall–Kier alpha value is -3.16. The molecule has 4 heterocycles. The van der Waals surface area contributed by atoms with Gasteiger partial charge in [-0.05, 0) is 32.6 Å². The fourth-order valence-electron chi connectivity index (χ4n) is 3.49. The molecule has 1 fully saturated rings. The summed E-state index contributed by atoms with van der Waals surface area (Å²) < 4.78 is 5.19. The van der Waals surface area contributed by atoms with E-state index in [1.165, 1.54) is 12.4 Å². The number of hydrogen-bond donors (Lipinski definition) is 0. The number of likely N-dealkylation sites (tertiary alicyclic amines) is 1. The van der Waals surface area contributed by atoms with Crippen molar-refractivity contribution in [3.05, 3.63) is 53.8 Å². The Morgan fingerprint density at radius 3 is 2.74 bits per heavy atom. The largest absolute Gasteiger partial charge is 0.361 e. The number of hydrogen-bond acceptors (Lipinski definition) is 7. The van der Waals surface area contributed by atoms with Crippen molar-refractivity contribution >= 4 is 5.91 Å². The van der Waals surface area contributed by atoms with Crippen molar-refractivity contribution in [2.75, 3.05) is 13.1 Å². The highest BCUT2D eigenvalue weighted by atomic mass is 16.5. The standard InChI is InChI=1S/C19H20N6O2/c1-12-18(13(2)27-24-12)16-10-22-15(8-23-16)7-14-3-6-25(11-14)19(26)17-9-20-4-5-21-17/h4-5,8-10,14H,3,6-7,11H2,1-2H3. The number of aromatic nitrogens is 5. The van der Waals surface area contributed by atoms with E-state index < -0.39 is 0 Å². The molecule has 3 aromatic rings. The fourth-order valence-corrected chi connectivity index (χ4v) is 3.49. The first-order chi connectivity index (χ1) is 13.1. The number of rotatable bonds is 4. The highest BCUT2D eigenvalue weighted by molar-refractivity contribution is 5.92. The van der Waals surface area contributed by atoms with Crippen LogP contribution in [0.1, 0.15) is 34.1 Å². The minimum absolute atomic E-state index is 0.0644. The summed E-state index contributed by atoms with van der Waals surface area (Å²) in [6.07, 6.45) is 9.91. The molecule has 0 spiro atoms. The van der Waals surface area contributed by atoms with Crippen molar-refractivity contribution in [1.82, 2.24) is 30.0 Å². The highest BCUT2D eigenvalue weighted by Crippen LogP contribution is 2.25. The lowest BCUT2D eigenvalue weighted by molar-refractivity contribution is 0.0780. The van der Waals surface area contributed by atoms with Gasteiger partial charge in [-0.3, -0.25) is 19.7 Å². The summed E-state index contributed by atoms with van der Waals surface area (Å²) in [5.74, 6) is 1.04. The zero-order valence-corrected chi connectivity index (χ0v) is 15.3. The number of aryl methyl sites for hydroxylation is 2. The molecule has 0 N–H and O–H groups in total. The Morgan fingerprint density at radius 1 is 1.19 bits per heavy atom. The SMILES string of the molecule is Cc1noc(C)c1-c1cnc(CC2CCN(C(=O)c3cnccn3)C2)cn1. The summed E-state index contributed by atoms with van der Waals surface area (Å²) in [5, 5.41) is 3.96. The van der Waals surface area contributed by atoms with E-state index in [2.05, 4.69) is 25.1 Å². The van der Waals surface area contributed by atoms with Crippen molar-refractivity contribution in [1.29, 1.82) is 0 Å². The van der Waals surface area contributed by atoms with Crippen LogP contribution in [0.5, 0.6) is 0 Å². The molecular weight excluding hydrogens is 344 g/mol. The lowest BCUT2D eigenvalue weighted by atomic mass is 10.0. The quantitative estimate of drug-likeness (QED) is 0.700. The second-order valence-corrected chi connectivity index (χ2v) is 6.79. The number of nitrogens with zero attached hydrogens (tertiary/aromatic N) is 6. The molecule has 1 atom stereocenters. The summed E-state index contributed by atoms with van der Waals surface area (Å²) >= 11 is 0. The maximum Gasteiger partial charge on any atom is 0.274 e. The molecular formula is C19H20N6O2. The van der Waals surface area contributed by atoms with Gasteiger partial charge in [-0.1, -0.05) is 5.16 Å². The van der Waals surface area contributed by atoms with Gasteiger partial charge < -0.3 is 9.42 Å². The molecule has 3 aromatic heterocycles. The molecule has 0 bridgehead atoms. The van der Waals surface area contributed by atoms with Crippen molar-refractivity contribution in [3.63, 3.8) is 0 Å². The first kappa shape index (κ1) is 17.3. The van der Waals surface area contributed by atoms with Crippen LogP contribution in [0.3, 0.4) is 0 Å². The minimum atomic E-state index is -0.0644. The van der Waals surface area contributed by atoms with Crippen LogP contribution < -0.4 is 0 Å². The average Bonchev–Trinajstić information content (AvgIpc) is 3.29. The van der Waals surface area contributed by atoms with Crippen LogP contribution in [0, 0.1) is 19.8 Å². The van der Waals surface area contributed by atoms with E-state index in [4.69, 9.17) is 4.52 Å². The normalized spacial score (nSPS) is 16.7. The molecule has 1 amide bonds. The zero-order chi connectivity index (χ0) is 18.8. The third-order valence-electron chi connectivity index (χ3n) is 4.85. The van der Waals surface area contributed by atoms with Crippen molar-refractivity contribution in [2.24, 2.45) is 5.92 Å². The fraction of sp³-hybridized carbons (Fsp3) is 0.368. The molecule has 1 aliphatic heterocycles. The van der Waals surface area contributed by atoms with Crippen LogP contribution in [0.15, 0.2) is 35.5 Å². The molecule has 8 heteroatoms. The predicted molar refractivity (Wildman–Crippen MR) is 96.7 cm³/mol. The molecule has 1 saturated heterocycles. The Morgan fingerprint density at radius 2 is 2.07 bits per heavy atom. The van der Waals surface area contributed by atoms with Crippen LogP contribution >= 0.6 is 0 Å². The van der Waals surface area contributed by atoms with Crippen molar-refractivity contribution in [3.8, 4) is 11.3 Å². The van der Waals surface area contributed by atoms with Gasteiger partial charge in [-0.15, -0.1) is 0 Å². The second-order valence-electron chi connectivity index (χ2n) is 6.79. The van der Waals surface area contributed by atoms with Gasteiger partial charge in [0.25, 0.3) is 5.91 Å². The smallest absolute Gasteiger partial charge is 0.274 e. The van der Waals surface area contributed by atoms with Gasteiger partial charge in [-0.25, -0.2) is 4.98 Å². The van der Waals surface area contributed by atoms with Crippen LogP contribution in [-0.2, 0) is 6.42 Å². The predicted octanol–water partition coefficient (Wildman–Crippen LogP) is 2.24. The van der Waals surface area contributed by atoms with E-state index in [0.29, 0.717) is 18.2 Å². The van der Waals surface area contributed by atoms with E-state index in [0.717, 1.165) is 47.8 Å². The van der Waals surface area contributed by atoms with E-state index in [-0.39, 0.29) is 5.91 Å². The molecule has 27 heavy (non-hydrogen) atoms. The molecule has 1 aliphatic rings. The van der Waals surface area contributed by atoms with Crippen LogP contribution in [0.4, 0.5) is 0 Å². The van der Waals surface area contributed by atoms with Crippen molar-refractivity contribution in [2.45, 2.75) is 26.7 Å². The molecule has 0 aliphatic carbocycles. The second kappa shape index (κ2) is 7.22. The molecule has 4 rings (SSSR count). The molecule has 1 unspecified atom stereocenters. The molecule has 0 saturated carbocycles. The van der Waals surface area contributed by atoms with Crippen molar-refractivity contribution < 1.29 is 9.32 Å². The van der Waals surface area contributed by atoms with Crippen LogP contribution in [0.25, 0.3) is 11.3 Å². The summed E-state index contributed by atoms with van der Waals surface area (Å²) in [6.45, 7) is 5.18. The molecule has 138 valence electrons. The van der Waals surface area contributed by atoms with Gasteiger partial charge in [0.15, 0.2) is 0 Å². The van der Waals surface area contributed by atoms with E-state index in [1.807, 2.05) is 18.7 Å². The summed E-state index contributed by atoms with van der Waals surface area (Å²) in [4.78, 5) is 31.4. The lowest BCUT2D eigenvalue weighted by Crippen LogP contribution is -2.29. The third kappa shape index (κ3) is 3.55. The van der Waals surface area contributed by atoms with Gasteiger partial charge in [0.05, 0.1) is 35.0 Å². The summed E-state index contributed by atoms with van der Waals surface area (Å²) in [5.41, 5.74) is 3.78. The summed E-state index contributed by atoms with van der Waals surface area (Å²) in [7, 11) is 0. The average molecular weight is 364 g/mol. The van der Waals surface area contributed by atoms with Crippen LogP contribution in [-0.4, -0.2) is 49.0 Å². The highest BCUT2D eigenvalue weighted by Gasteiger charge is 2.28. The molecule has 8 nitrogen and oxygen atoms in total. The summed E-state index contributed by atoms with van der Waals surface area (Å²) in [6, 6.07) is 0. The van der Waals surface area contributed by atoms with E-state index in [9.17, 15) is 4.79 Å². The van der Waals surface area contributed by atoms with E-state index >= 15 is 0 Å². The van der Waals surface area contributed by atoms with Gasteiger partial charge >= 0.3 is 0 Å². The van der Waals surface area contributed by atoms with E-state index in [1.54, 1.807) is 18.6 Å². The Labute approximate surface area is 156 Å². The van der Waals surface area contributed by atoms with Gasteiger partial charge in [-0.2, -0.15) is 0 Å². The van der Waals surface area contributed by atoms with Gasteiger partial charge in [0, 0.05) is 31.7 Å². The van der Waals surface area contributed by atoms with Gasteiger partial charge in [0.1, 0.15) is 11.5 Å². The zero-order valence-electron chi connectivity index (χ0n) is 15.3. The minimum Gasteiger partial charge on any atom is -0.361 e. The number of carbonyl (C=O) groups excluding carboxylic acids is 1. The van der Waals surface area contributed by atoms with Crippen LogP contribution in [0.2, 0.25) is 0 Å². The Bertz CT molecular complexity index is 919. The third-order valence-corrected chi connectivity index (χ3v) is 4.85. The number of carbonyl (C=O) groups is 1. The number of amides is 1. The first-order valence-corrected chi connectivity index (χ1v) is 8.91. The lowest BCUT2D eigenvalue weighted by Gasteiger charge is -2.15. The topological polar surface area (TPSA) is 97.9 Å². The molecule has 0 radical (unpaired) electrons. The first-order valence-electron chi connectivity index (χ1n) is 8.91. The molecule has 0 aromatic carbocycles. The van der Waals surface area contributed by atoms with Gasteiger partial charge in [0.2, 0.25) is 0 Å². The monoisotopic (exact) mass is 364 g/mol. The maximum absolute atomic E-state index is 12.5.